The second kappa shape index (κ2) is 9.71. The van der Waals surface area contributed by atoms with Crippen molar-refractivity contribution in [2.45, 2.75) is 56.5 Å². The Labute approximate surface area is 190 Å². The van der Waals surface area contributed by atoms with Crippen molar-refractivity contribution in [1.29, 1.82) is 0 Å². The number of alkyl halides is 3. The lowest BCUT2D eigenvalue weighted by molar-refractivity contribution is -0.140. The maximum Gasteiger partial charge on any atom is 0.416 e. The van der Waals surface area contributed by atoms with Crippen molar-refractivity contribution in [2.75, 3.05) is 13.1 Å². The third-order valence-electron chi connectivity index (χ3n) is 6.12. The molecule has 0 spiro atoms. The van der Waals surface area contributed by atoms with E-state index in [0.29, 0.717) is 23.7 Å². The number of urea groups is 1. The van der Waals surface area contributed by atoms with Crippen molar-refractivity contribution in [2.24, 2.45) is 0 Å². The standard InChI is InChI=1S/C24H26ClF3N2O2/c25-17-12-10-16(11-13-17)22(20-8-4-5-9-21(20)24(26,27)28)32-19-14-30(15-19)23(31)29-18-6-2-1-3-7-18/h4-5,8-13,18-19,22H,1-3,6-7,14-15H2,(H,29,31). The third-order valence-corrected chi connectivity index (χ3v) is 6.37. The third kappa shape index (κ3) is 5.38. The van der Waals surface area contributed by atoms with E-state index < -0.39 is 17.8 Å². The van der Waals surface area contributed by atoms with Crippen molar-refractivity contribution >= 4 is 17.6 Å². The van der Waals surface area contributed by atoms with Crippen LogP contribution >= 0.6 is 11.6 Å². The second-order valence-electron chi connectivity index (χ2n) is 8.46. The first-order valence-electron chi connectivity index (χ1n) is 10.9. The molecule has 1 heterocycles. The van der Waals surface area contributed by atoms with Crippen LogP contribution in [-0.2, 0) is 10.9 Å². The lowest BCUT2D eigenvalue weighted by atomic mass is 9.95. The van der Waals surface area contributed by atoms with Crippen molar-refractivity contribution in [3.05, 3.63) is 70.2 Å². The van der Waals surface area contributed by atoms with Gasteiger partial charge in [0.25, 0.3) is 0 Å². The van der Waals surface area contributed by atoms with Crippen molar-refractivity contribution < 1.29 is 22.7 Å². The molecule has 0 radical (unpaired) electrons. The summed E-state index contributed by atoms with van der Waals surface area (Å²) in [5.41, 5.74) is -0.102. The first-order valence-corrected chi connectivity index (χ1v) is 11.3. The summed E-state index contributed by atoms with van der Waals surface area (Å²) in [6.45, 7) is 0.688. The zero-order chi connectivity index (χ0) is 22.7. The summed E-state index contributed by atoms with van der Waals surface area (Å²) in [5.74, 6) is 0. The number of hydrogen-bond donors (Lipinski definition) is 1. The molecule has 1 atom stereocenters. The Morgan fingerprint density at radius 3 is 2.34 bits per heavy atom. The minimum absolute atomic E-state index is 0.0485. The largest absolute Gasteiger partial charge is 0.416 e. The van der Waals surface area contributed by atoms with E-state index in [2.05, 4.69) is 5.32 Å². The number of benzene rings is 2. The second-order valence-corrected chi connectivity index (χ2v) is 8.90. The Balaban J connectivity index is 1.47. The maximum atomic E-state index is 13.7. The SMILES string of the molecule is O=C(NC1CCCCC1)N1CC(OC(c2ccc(Cl)cc2)c2ccccc2C(F)(F)F)C1. The number of carbonyl (C=O) groups is 1. The molecule has 2 fully saturated rings. The molecule has 172 valence electrons. The first kappa shape index (κ1) is 22.9. The van der Waals surface area contributed by atoms with Gasteiger partial charge in [0.2, 0.25) is 0 Å². The van der Waals surface area contributed by atoms with Gasteiger partial charge in [-0.25, -0.2) is 4.79 Å². The molecule has 2 aliphatic rings. The van der Waals surface area contributed by atoms with Gasteiger partial charge in [-0.2, -0.15) is 13.2 Å². The normalized spacial score (nSPS) is 18.8. The number of likely N-dealkylation sites (tertiary alicyclic amines) is 1. The van der Waals surface area contributed by atoms with E-state index in [1.807, 2.05) is 0 Å². The molecule has 0 aromatic heterocycles. The molecule has 2 amide bonds. The number of ether oxygens (including phenoxy) is 1. The Bertz CT molecular complexity index is 924. The van der Waals surface area contributed by atoms with Crippen LogP contribution in [0.1, 0.15) is 54.9 Å². The minimum atomic E-state index is -4.50. The molecule has 1 aliphatic heterocycles. The molecule has 4 nitrogen and oxygen atoms in total. The number of hydrogen-bond acceptors (Lipinski definition) is 2. The fraction of sp³-hybridized carbons (Fsp3) is 0.458. The number of halogens is 4. The van der Waals surface area contributed by atoms with Gasteiger partial charge in [0.1, 0.15) is 6.10 Å². The maximum absolute atomic E-state index is 13.7. The molecule has 1 saturated carbocycles. The van der Waals surface area contributed by atoms with E-state index in [9.17, 15) is 18.0 Å². The van der Waals surface area contributed by atoms with Crippen molar-refractivity contribution in [3.63, 3.8) is 0 Å². The van der Waals surface area contributed by atoms with E-state index in [-0.39, 0.29) is 23.7 Å². The Kier molecular flexibility index (Phi) is 6.96. The predicted molar refractivity (Wildman–Crippen MR) is 117 cm³/mol. The fourth-order valence-electron chi connectivity index (χ4n) is 4.35. The van der Waals surface area contributed by atoms with Gasteiger partial charge in [-0.1, -0.05) is 61.2 Å². The molecule has 2 aromatic rings. The zero-order valence-corrected chi connectivity index (χ0v) is 18.3. The smallest absolute Gasteiger partial charge is 0.362 e. The number of amides is 2. The predicted octanol–water partition coefficient (Wildman–Crippen LogP) is 6.19. The van der Waals surface area contributed by atoms with E-state index >= 15 is 0 Å². The van der Waals surface area contributed by atoms with Crippen LogP contribution in [-0.4, -0.2) is 36.2 Å². The van der Waals surface area contributed by atoms with Gasteiger partial charge in [-0.15, -0.1) is 0 Å². The van der Waals surface area contributed by atoms with E-state index in [0.717, 1.165) is 31.7 Å². The van der Waals surface area contributed by atoms with Gasteiger partial charge in [0.05, 0.1) is 24.8 Å². The summed E-state index contributed by atoms with van der Waals surface area (Å²) in [4.78, 5) is 14.1. The highest BCUT2D eigenvalue weighted by Crippen LogP contribution is 2.39. The molecule has 0 bridgehead atoms. The average molecular weight is 467 g/mol. The highest BCUT2D eigenvalue weighted by molar-refractivity contribution is 6.30. The molecule has 1 aliphatic carbocycles. The number of nitrogens with one attached hydrogen (secondary N) is 1. The highest BCUT2D eigenvalue weighted by Gasteiger charge is 2.39. The lowest BCUT2D eigenvalue weighted by Crippen LogP contribution is -2.59. The minimum Gasteiger partial charge on any atom is -0.362 e. The van der Waals surface area contributed by atoms with Crippen LogP contribution in [0, 0.1) is 0 Å². The Hall–Kier alpha value is -2.25. The summed E-state index contributed by atoms with van der Waals surface area (Å²) in [5, 5.41) is 3.55. The molecule has 4 rings (SSSR count). The number of carbonyl (C=O) groups excluding carboxylic acids is 1. The highest BCUT2D eigenvalue weighted by atomic mass is 35.5. The van der Waals surface area contributed by atoms with Gasteiger partial charge >= 0.3 is 12.2 Å². The molecular formula is C24H26ClF3N2O2. The summed E-state index contributed by atoms with van der Waals surface area (Å²) >= 11 is 5.97. The molecule has 1 saturated heterocycles. The van der Waals surface area contributed by atoms with Crippen LogP contribution in [0.15, 0.2) is 48.5 Å². The topological polar surface area (TPSA) is 41.6 Å². The molecule has 2 aromatic carbocycles. The van der Waals surface area contributed by atoms with Crippen LogP contribution in [0.2, 0.25) is 5.02 Å². The van der Waals surface area contributed by atoms with Crippen LogP contribution in [0.4, 0.5) is 18.0 Å². The van der Waals surface area contributed by atoms with E-state index in [1.54, 1.807) is 35.2 Å². The van der Waals surface area contributed by atoms with Crippen LogP contribution < -0.4 is 5.32 Å². The quantitative estimate of drug-likeness (QED) is 0.570. The van der Waals surface area contributed by atoms with Crippen LogP contribution in [0.5, 0.6) is 0 Å². The summed E-state index contributed by atoms with van der Waals surface area (Å²) in [7, 11) is 0. The summed E-state index contributed by atoms with van der Waals surface area (Å²) in [6.07, 6.45) is -0.338. The van der Waals surface area contributed by atoms with Gasteiger partial charge in [-0.05, 0) is 42.2 Å². The monoisotopic (exact) mass is 466 g/mol. The number of nitrogens with zero attached hydrogens (tertiary/aromatic N) is 1. The van der Waals surface area contributed by atoms with Crippen molar-refractivity contribution in [1.82, 2.24) is 10.2 Å². The van der Waals surface area contributed by atoms with E-state index in [1.165, 1.54) is 18.6 Å². The molecule has 32 heavy (non-hydrogen) atoms. The van der Waals surface area contributed by atoms with Crippen LogP contribution in [0.25, 0.3) is 0 Å². The Morgan fingerprint density at radius 2 is 1.69 bits per heavy atom. The molecular weight excluding hydrogens is 441 g/mol. The fourth-order valence-corrected chi connectivity index (χ4v) is 4.47. The van der Waals surface area contributed by atoms with Gasteiger partial charge < -0.3 is 15.0 Å². The number of rotatable bonds is 5. The van der Waals surface area contributed by atoms with Crippen LogP contribution in [0.3, 0.4) is 0 Å². The van der Waals surface area contributed by atoms with Gasteiger partial charge in [-0.3, -0.25) is 0 Å². The van der Waals surface area contributed by atoms with Gasteiger partial charge in [0.15, 0.2) is 0 Å². The zero-order valence-electron chi connectivity index (χ0n) is 17.6. The molecule has 1 unspecified atom stereocenters. The Morgan fingerprint density at radius 1 is 1.03 bits per heavy atom. The lowest BCUT2D eigenvalue weighted by Gasteiger charge is -2.41. The van der Waals surface area contributed by atoms with Gasteiger partial charge in [0, 0.05) is 11.1 Å². The first-order chi connectivity index (χ1) is 15.3. The van der Waals surface area contributed by atoms with E-state index in [4.69, 9.17) is 16.3 Å². The summed E-state index contributed by atoms with van der Waals surface area (Å²) < 4.78 is 47.2. The van der Waals surface area contributed by atoms with Crippen molar-refractivity contribution in [3.8, 4) is 0 Å². The summed E-state index contributed by atoms with van der Waals surface area (Å²) in [6, 6.07) is 12.1. The molecule has 1 N–H and O–H groups in total. The molecule has 8 heteroatoms. The average Bonchev–Trinajstić information content (AvgIpc) is 2.74.